The van der Waals surface area contributed by atoms with E-state index in [0.29, 0.717) is 24.1 Å². The monoisotopic (exact) mass is 336 g/mol. The molecule has 0 aliphatic carbocycles. The zero-order chi connectivity index (χ0) is 18.1. The van der Waals surface area contributed by atoms with Gasteiger partial charge in [-0.15, -0.1) is 6.42 Å². The van der Waals surface area contributed by atoms with E-state index in [0.717, 1.165) is 5.56 Å². The molecule has 2 aromatic rings. The van der Waals surface area contributed by atoms with Crippen LogP contribution in [0.15, 0.2) is 54.6 Å². The molecule has 0 bridgehead atoms. The van der Waals surface area contributed by atoms with Gasteiger partial charge in [0.05, 0.1) is 6.04 Å². The lowest BCUT2D eigenvalue weighted by Crippen LogP contribution is -2.38. The molecule has 0 saturated heterocycles. The fourth-order valence-electron chi connectivity index (χ4n) is 2.40. The number of benzene rings is 2. The van der Waals surface area contributed by atoms with Gasteiger partial charge >= 0.3 is 11.8 Å². The van der Waals surface area contributed by atoms with Crippen molar-refractivity contribution in [2.24, 2.45) is 0 Å². The van der Waals surface area contributed by atoms with Gasteiger partial charge in [-0.05, 0) is 36.6 Å². The summed E-state index contributed by atoms with van der Waals surface area (Å²) in [6, 6.07) is 15.7. The topological polar surface area (TPSA) is 78.4 Å². The number of rotatable bonds is 6. The average molecular weight is 336 g/mol. The van der Waals surface area contributed by atoms with Gasteiger partial charge in [-0.25, -0.2) is 0 Å². The van der Waals surface area contributed by atoms with Gasteiger partial charge in [-0.2, -0.15) is 0 Å². The minimum Gasteiger partial charge on any atom is -0.396 e. The van der Waals surface area contributed by atoms with Crippen molar-refractivity contribution in [3.05, 3.63) is 65.7 Å². The Morgan fingerprint density at radius 3 is 2.52 bits per heavy atom. The summed E-state index contributed by atoms with van der Waals surface area (Å²) in [5, 5.41) is 14.3. The predicted octanol–water partition coefficient (Wildman–Crippen LogP) is 2.24. The number of carbonyl (C=O) groups is 2. The molecule has 128 valence electrons. The maximum absolute atomic E-state index is 12.2. The first-order valence-corrected chi connectivity index (χ1v) is 7.98. The molecule has 0 aromatic heterocycles. The highest BCUT2D eigenvalue weighted by Crippen LogP contribution is 2.18. The van der Waals surface area contributed by atoms with E-state index < -0.39 is 11.8 Å². The molecule has 3 N–H and O–H groups in total. The minimum absolute atomic E-state index is 0.0181. The Morgan fingerprint density at radius 1 is 1.08 bits per heavy atom. The van der Waals surface area contributed by atoms with Crippen LogP contribution in [0.3, 0.4) is 0 Å². The van der Waals surface area contributed by atoms with Gasteiger partial charge in [-0.3, -0.25) is 9.59 Å². The lowest BCUT2D eigenvalue weighted by molar-refractivity contribution is -0.136. The second kappa shape index (κ2) is 9.26. The van der Waals surface area contributed by atoms with Crippen molar-refractivity contribution in [1.82, 2.24) is 5.32 Å². The fraction of sp³-hybridized carbons (Fsp3) is 0.200. The van der Waals surface area contributed by atoms with E-state index in [4.69, 9.17) is 11.5 Å². The standard InChI is InChI=1S/C20H20N2O3/c1-2-15-8-6-11-17(14-15)21-19(24)20(25)22-18(12-7-13-23)16-9-4-3-5-10-16/h1,3-6,8-11,14,18,23H,7,12-13H2,(H,21,24)(H,22,25). The Hall–Kier alpha value is -3.10. The lowest BCUT2D eigenvalue weighted by atomic mass is 10.0. The van der Waals surface area contributed by atoms with Crippen LogP contribution < -0.4 is 10.6 Å². The van der Waals surface area contributed by atoms with Crippen LogP contribution in [-0.2, 0) is 9.59 Å². The molecule has 2 amide bonds. The van der Waals surface area contributed by atoms with Crippen molar-refractivity contribution in [2.45, 2.75) is 18.9 Å². The molecule has 2 aromatic carbocycles. The summed E-state index contributed by atoms with van der Waals surface area (Å²) < 4.78 is 0. The zero-order valence-corrected chi connectivity index (χ0v) is 13.7. The molecular formula is C20H20N2O3. The molecule has 5 heteroatoms. The molecule has 0 radical (unpaired) electrons. The Kier molecular flexibility index (Phi) is 6.76. The second-order valence-corrected chi connectivity index (χ2v) is 5.48. The van der Waals surface area contributed by atoms with Crippen LogP contribution in [0, 0.1) is 12.3 Å². The third-order valence-corrected chi connectivity index (χ3v) is 3.65. The van der Waals surface area contributed by atoms with Crippen molar-refractivity contribution in [1.29, 1.82) is 0 Å². The van der Waals surface area contributed by atoms with Gasteiger partial charge in [0.2, 0.25) is 0 Å². The second-order valence-electron chi connectivity index (χ2n) is 5.48. The van der Waals surface area contributed by atoms with E-state index in [1.165, 1.54) is 0 Å². The predicted molar refractivity (Wildman–Crippen MR) is 96.7 cm³/mol. The maximum atomic E-state index is 12.2. The summed E-state index contributed by atoms with van der Waals surface area (Å²) in [4.78, 5) is 24.4. The first-order valence-electron chi connectivity index (χ1n) is 7.98. The quantitative estimate of drug-likeness (QED) is 0.559. The molecule has 1 atom stereocenters. The summed E-state index contributed by atoms with van der Waals surface area (Å²) in [7, 11) is 0. The van der Waals surface area contributed by atoms with Crippen LogP contribution >= 0.6 is 0 Å². The van der Waals surface area contributed by atoms with Crippen LogP contribution in [0.4, 0.5) is 5.69 Å². The Bertz CT molecular complexity index is 766. The molecule has 0 spiro atoms. The van der Waals surface area contributed by atoms with E-state index in [9.17, 15) is 9.59 Å². The van der Waals surface area contributed by atoms with Gasteiger partial charge in [-0.1, -0.05) is 42.3 Å². The minimum atomic E-state index is -0.765. The summed E-state index contributed by atoms with van der Waals surface area (Å²) in [5.74, 6) is 0.968. The smallest absolute Gasteiger partial charge is 0.313 e. The molecule has 0 saturated carbocycles. The number of anilines is 1. The number of terminal acetylenes is 1. The van der Waals surface area contributed by atoms with E-state index in [1.54, 1.807) is 24.3 Å². The number of carbonyl (C=O) groups excluding carboxylic acids is 2. The number of hydrogen-bond donors (Lipinski definition) is 3. The molecule has 5 nitrogen and oxygen atoms in total. The first kappa shape index (κ1) is 18.2. The first-order chi connectivity index (χ1) is 12.1. The van der Waals surface area contributed by atoms with Crippen LogP contribution in [0.2, 0.25) is 0 Å². The number of aliphatic hydroxyl groups is 1. The van der Waals surface area contributed by atoms with Crippen molar-refractivity contribution < 1.29 is 14.7 Å². The van der Waals surface area contributed by atoms with Crippen LogP contribution in [0.1, 0.15) is 30.0 Å². The van der Waals surface area contributed by atoms with Gasteiger partial charge in [0.15, 0.2) is 0 Å². The number of nitrogens with one attached hydrogen (secondary N) is 2. The van der Waals surface area contributed by atoms with Crippen molar-refractivity contribution in [3.8, 4) is 12.3 Å². The fourth-order valence-corrected chi connectivity index (χ4v) is 2.40. The summed E-state index contributed by atoms with van der Waals surface area (Å²) in [6.45, 7) is 0.0181. The van der Waals surface area contributed by atoms with E-state index in [2.05, 4.69) is 16.6 Å². The highest BCUT2D eigenvalue weighted by Gasteiger charge is 2.19. The third kappa shape index (κ3) is 5.48. The van der Waals surface area contributed by atoms with Gasteiger partial charge in [0, 0.05) is 17.9 Å². The Morgan fingerprint density at radius 2 is 1.84 bits per heavy atom. The summed E-state index contributed by atoms with van der Waals surface area (Å²) in [5.41, 5.74) is 1.96. The average Bonchev–Trinajstić information content (AvgIpc) is 2.65. The molecule has 0 fully saturated rings. The van der Waals surface area contributed by atoms with Gasteiger partial charge in [0.25, 0.3) is 0 Å². The number of hydrogen-bond acceptors (Lipinski definition) is 3. The highest BCUT2D eigenvalue weighted by molar-refractivity contribution is 6.39. The molecule has 0 aliphatic heterocycles. The zero-order valence-electron chi connectivity index (χ0n) is 13.7. The Balaban J connectivity index is 2.04. The molecular weight excluding hydrogens is 316 g/mol. The highest BCUT2D eigenvalue weighted by atomic mass is 16.3. The van der Waals surface area contributed by atoms with Crippen molar-refractivity contribution in [3.63, 3.8) is 0 Å². The number of aliphatic hydroxyl groups excluding tert-OH is 1. The largest absolute Gasteiger partial charge is 0.396 e. The lowest BCUT2D eigenvalue weighted by Gasteiger charge is -2.18. The summed E-state index contributed by atoms with van der Waals surface area (Å²) >= 11 is 0. The van der Waals surface area contributed by atoms with Crippen molar-refractivity contribution in [2.75, 3.05) is 11.9 Å². The van der Waals surface area contributed by atoms with Crippen LogP contribution in [0.5, 0.6) is 0 Å². The maximum Gasteiger partial charge on any atom is 0.313 e. The van der Waals surface area contributed by atoms with E-state index in [1.807, 2.05) is 30.3 Å². The van der Waals surface area contributed by atoms with Gasteiger partial charge < -0.3 is 15.7 Å². The molecule has 1 unspecified atom stereocenters. The van der Waals surface area contributed by atoms with E-state index >= 15 is 0 Å². The van der Waals surface area contributed by atoms with Crippen LogP contribution in [-0.4, -0.2) is 23.5 Å². The van der Waals surface area contributed by atoms with Crippen LogP contribution in [0.25, 0.3) is 0 Å². The Labute approximate surface area is 147 Å². The molecule has 2 rings (SSSR count). The normalized spacial score (nSPS) is 11.2. The third-order valence-electron chi connectivity index (χ3n) is 3.65. The molecule has 0 aliphatic rings. The van der Waals surface area contributed by atoms with Gasteiger partial charge in [0.1, 0.15) is 0 Å². The molecule has 25 heavy (non-hydrogen) atoms. The number of amides is 2. The SMILES string of the molecule is C#Cc1cccc(NC(=O)C(=O)NC(CCCO)c2ccccc2)c1. The summed E-state index contributed by atoms with van der Waals surface area (Å²) in [6.07, 6.45) is 6.38. The van der Waals surface area contributed by atoms with E-state index in [-0.39, 0.29) is 12.6 Å². The molecule has 0 heterocycles. The van der Waals surface area contributed by atoms with Crippen molar-refractivity contribution >= 4 is 17.5 Å².